The van der Waals surface area contributed by atoms with Crippen LogP contribution in [0.25, 0.3) is 0 Å². The van der Waals surface area contributed by atoms with Crippen LogP contribution < -0.4 is 4.72 Å². The van der Waals surface area contributed by atoms with Crippen LogP contribution in [0.1, 0.15) is 6.92 Å². The standard InChI is InChI=1S/C11H12ClN3O2S/c1-2-15-8-11(7-13-15)18(16,17)14-10-5-3-9(12)4-6-10/h3-8,14H,2H2,1H3. The fourth-order valence-corrected chi connectivity index (χ4v) is 2.52. The van der Waals surface area contributed by atoms with E-state index in [4.69, 9.17) is 11.6 Å². The van der Waals surface area contributed by atoms with Gasteiger partial charge in [0.15, 0.2) is 0 Å². The van der Waals surface area contributed by atoms with E-state index in [9.17, 15) is 8.42 Å². The number of nitrogens with zero attached hydrogens (tertiary/aromatic N) is 2. The summed E-state index contributed by atoms with van der Waals surface area (Å²) in [5.74, 6) is 0. The van der Waals surface area contributed by atoms with Crippen LogP contribution in [0.3, 0.4) is 0 Å². The van der Waals surface area contributed by atoms with Crippen molar-refractivity contribution < 1.29 is 8.42 Å². The summed E-state index contributed by atoms with van der Waals surface area (Å²) in [7, 11) is -3.59. The number of hydrogen-bond donors (Lipinski definition) is 1. The minimum atomic E-state index is -3.59. The zero-order valence-corrected chi connectivity index (χ0v) is 11.2. The van der Waals surface area contributed by atoms with Gasteiger partial charge >= 0.3 is 0 Å². The van der Waals surface area contributed by atoms with E-state index in [0.717, 1.165) is 0 Å². The highest BCUT2D eigenvalue weighted by Gasteiger charge is 2.16. The molecule has 1 aromatic heterocycles. The van der Waals surface area contributed by atoms with Gasteiger partial charge in [0.25, 0.3) is 10.0 Å². The van der Waals surface area contributed by atoms with Gasteiger partial charge in [-0.3, -0.25) is 9.40 Å². The molecule has 0 amide bonds. The van der Waals surface area contributed by atoms with Crippen molar-refractivity contribution in [3.8, 4) is 0 Å². The van der Waals surface area contributed by atoms with Crippen LogP contribution in [0.5, 0.6) is 0 Å². The summed E-state index contributed by atoms with van der Waals surface area (Å²) < 4.78 is 28.0. The molecule has 7 heteroatoms. The molecule has 2 aromatic rings. The normalized spacial score (nSPS) is 11.4. The Bertz CT molecular complexity index is 635. The van der Waals surface area contributed by atoms with Crippen LogP contribution >= 0.6 is 11.6 Å². The third kappa shape index (κ3) is 2.83. The van der Waals surface area contributed by atoms with Crippen LogP contribution in [0.4, 0.5) is 5.69 Å². The molecular weight excluding hydrogens is 274 g/mol. The van der Waals surface area contributed by atoms with Gasteiger partial charge in [0.2, 0.25) is 0 Å². The number of halogens is 1. The van der Waals surface area contributed by atoms with E-state index < -0.39 is 10.0 Å². The van der Waals surface area contributed by atoms with Gasteiger partial charge in [0.1, 0.15) is 4.90 Å². The molecule has 0 saturated carbocycles. The van der Waals surface area contributed by atoms with E-state index in [-0.39, 0.29) is 4.90 Å². The summed E-state index contributed by atoms with van der Waals surface area (Å²) in [6.45, 7) is 2.51. The van der Waals surface area contributed by atoms with E-state index in [1.807, 2.05) is 6.92 Å². The molecule has 1 aromatic carbocycles. The molecular formula is C11H12ClN3O2S. The molecule has 0 aliphatic rings. The number of anilines is 1. The second-order valence-corrected chi connectivity index (χ2v) is 5.76. The summed E-state index contributed by atoms with van der Waals surface area (Å²) in [5.41, 5.74) is 0.462. The van der Waals surface area contributed by atoms with Gasteiger partial charge in [-0.05, 0) is 31.2 Å². The van der Waals surface area contributed by atoms with Crippen molar-refractivity contribution in [2.75, 3.05) is 4.72 Å². The maximum Gasteiger partial charge on any atom is 0.265 e. The van der Waals surface area contributed by atoms with Crippen LogP contribution in [0.15, 0.2) is 41.6 Å². The van der Waals surface area contributed by atoms with Crippen molar-refractivity contribution in [2.45, 2.75) is 18.4 Å². The van der Waals surface area contributed by atoms with Crippen molar-refractivity contribution in [3.63, 3.8) is 0 Å². The Morgan fingerprint density at radius 1 is 1.33 bits per heavy atom. The topological polar surface area (TPSA) is 64.0 Å². The van der Waals surface area contributed by atoms with Gasteiger partial charge in [0.05, 0.1) is 6.20 Å². The van der Waals surface area contributed by atoms with Gasteiger partial charge in [-0.25, -0.2) is 8.42 Å². The molecule has 0 saturated heterocycles. The summed E-state index contributed by atoms with van der Waals surface area (Å²) in [6, 6.07) is 6.44. The van der Waals surface area contributed by atoms with E-state index in [1.54, 1.807) is 28.9 Å². The number of aromatic nitrogens is 2. The molecule has 0 unspecified atom stereocenters. The number of rotatable bonds is 4. The van der Waals surface area contributed by atoms with E-state index >= 15 is 0 Å². The summed E-state index contributed by atoms with van der Waals surface area (Å²) >= 11 is 5.73. The van der Waals surface area contributed by atoms with Crippen molar-refractivity contribution in [2.24, 2.45) is 0 Å². The molecule has 0 fully saturated rings. The molecule has 5 nitrogen and oxygen atoms in total. The molecule has 96 valence electrons. The van der Waals surface area contributed by atoms with Crippen LogP contribution in [-0.2, 0) is 16.6 Å². The fourth-order valence-electron chi connectivity index (χ4n) is 1.39. The second kappa shape index (κ2) is 4.99. The first-order chi connectivity index (χ1) is 8.51. The Kier molecular flexibility index (Phi) is 3.58. The lowest BCUT2D eigenvalue weighted by Gasteiger charge is -2.05. The van der Waals surface area contributed by atoms with Crippen molar-refractivity contribution in [3.05, 3.63) is 41.7 Å². The zero-order valence-electron chi connectivity index (χ0n) is 9.67. The lowest BCUT2D eigenvalue weighted by atomic mass is 10.3. The average molecular weight is 286 g/mol. The van der Waals surface area contributed by atoms with Crippen molar-refractivity contribution in [1.82, 2.24) is 9.78 Å². The van der Waals surface area contributed by atoms with Gasteiger partial charge in [-0.2, -0.15) is 5.10 Å². The molecule has 0 bridgehead atoms. The average Bonchev–Trinajstić information content (AvgIpc) is 2.81. The van der Waals surface area contributed by atoms with Crippen LogP contribution in [-0.4, -0.2) is 18.2 Å². The third-order valence-corrected chi connectivity index (χ3v) is 3.93. The van der Waals surface area contributed by atoms with Crippen molar-refractivity contribution in [1.29, 1.82) is 0 Å². The molecule has 0 radical (unpaired) electrons. The lowest BCUT2D eigenvalue weighted by Crippen LogP contribution is -2.12. The summed E-state index contributed by atoms with van der Waals surface area (Å²) in [6.07, 6.45) is 2.81. The second-order valence-electron chi connectivity index (χ2n) is 3.64. The Labute approximate surface area is 110 Å². The first kappa shape index (κ1) is 12.9. The fraction of sp³-hybridized carbons (Fsp3) is 0.182. The van der Waals surface area contributed by atoms with Crippen LogP contribution in [0, 0.1) is 0 Å². The Balaban J connectivity index is 2.24. The Morgan fingerprint density at radius 3 is 2.56 bits per heavy atom. The van der Waals surface area contributed by atoms with Crippen molar-refractivity contribution >= 4 is 27.3 Å². The quantitative estimate of drug-likeness (QED) is 0.938. The van der Waals surface area contributed by atoms with Gasteiger partial charge in [0, 0.05) is 23.5 Å². The molecule has 1 N–H and O–H groups in total. The molecule has 0 spiro atoms. The van der Waals surface area contributed by atoms with E-state index in [0.29, 0.717) is 17.3 Å². The van der Waals surface area contributed by atoms with Gasteiger partial charge < -0.3 is 0 Å². The molecule has 1 heterocycles. The highest BCUT2D eigenvalue weighted by atomic mass is 35.5. The first-order valence-electron chi connectivity index (χ1n) is 5.32. The number of hydrogen-bond acceptors (Lipinski definition) is 3. The van der Waals surface area contributed by atoms with Gasteiger partial charge in [-0.15, -0.1) is 0 Å². The van der Waals surface area contributed by atoms with Gasteiger partial charge in [-0.1, -0.05) is 11.6 Å². The molecule has 2 rings (SSSR count). The summed E-state index contributed by atoms with van der Waals surface area (Å²) in [5, 5.41) is 4.49. The third-order valence-electron chi connectivity index (χ3n) is 2.34. The van der Waals surface area contributed by atoms with Crippen LogP contribution in [0.2, 0.25) is 5.02 Å². The Hall–Kier alpha value is -1.53. The molecule has 0 aliphatic heterocycles. The first-order valence-corrected chi connectivity index (χ1v) is 7.18. The monoisotopic (exact) mass is 285 g/mol. The number of aryl methyl sites for hydroxylation is 1. The highest BCUT2D eigenvalue weighted by Crippen LogP contribution is 2.17. The Morgan fingerprint density at radius 2 is 2.00 bits per heavy atom. The maximum absolute atomic E-state index is 12.0. The zero-order chi connectivity index (χ0) is 13.2. The predicted octanol–water partition coefficient (Wildman–Crippen LogP) is 2.36. The predicted molar refractivity (Wildman–Crippen MR) is 70.2 cm³/mol. The highest BCUT2D eigenvalue weighted by molar-refractivity contribution is 7.92. The SMILES string of the molecule is CCn1cc(S(=O)(=O)Nc2ccc(Cl)cc2)cn1. The number of sulfonamides is 1. The minimum Gasteiger partial charge on any atom is -0.280 e. The van der Waals surface area contributed by atoms with E-state index in [1.165, 1.54) is 12.4 Å². The largest absolute Gasteiger partial charge is 0.280 e. The summed E-state index contributed by atoms with van der Waals surface area (Å²) in [4.78, 5) is 0.138. The smallest absolute Gasteiger partial charge is 0.265 e. The lowest BCUT2D eigenvalue weighted by molar-refractivity contribution is 0.600. The number of benzene rings is 1. The van der Waals surface area contributed by atoms with E-state index in [2.05, 4.69) is 9.82 Å². The molecule has 0 aliphatic carbocycles. The minimum absolute atomic E-state index is 0.138. The molecule has 18 heavy (non-hydrogen) atoms. The maximum atomic E-state index is 12.0. The number of nitrogens with one attached hydrogen (secondary N) is 1. The molecule has 0 atom stereocenters.